The molecule has 0 spiro atoms. The highest BCUT2D eigenvalue weighted by Crippen LogP contribution is 2.44. The van der Waals surface area contributed by atoms with Gasteiger partial charge in [-0.2, -0.15) is 8.78 Å². The van der Waals surface area contributed by atoms with E-state index in [-0.39, 0.29) is 6.61 Å². The zero-order valence-corrected chi connectivity index (χ0v) is 29.9. The minimum atomic E-state index is -2.54. The van der Waals surface area contributed by atoms with Crippen LogP contribution in [0.25, 0.3) is 21.6 Å². The van der Waals surface area contributed by atoms with Crippen LogP contribution in [0.4, 0.5) is 26.7 Å². The predicted octanol–water partition coefficient (Wildman–Crippen LogP) is 5.04. The normalized spacial score (nSPS) is 20.2. The summed E-state index contributed by atoms with van der Waals surface area (Å²) in [5, 5.41) is 5.56. The summed E-state index contributed by atoms with van der Waals surface area (Å²) < 4.78 is 108. The number of amides is 1. The molecule has 1 aliphatic heterocycles. The van der Waals surface area contributed by atoms with Gasteiger partial charge >= 0.3 is 30.0 Å². The van der Waals surface area contributed by atoms with Crippen molar-refractivity contribution in [2.75, 3.05) is 19.8 Å². The number of ether oxygens (including phenoxy) is 7. The molecular formula is C36H31F5N4O12. The van der Waals surface area contributed by atoms with Gasteiger partial charge in [0.2, 0.25) is 34.8 Å². The minimum Gasteiger partial charge on any atom is -0.463 e. The summed E-state index contributed by atoms with van der Waals surface area (Å²) in [6, 6.07) is 10.6. The Hall–Kier alpha value is -6.31. The van der Waals surface area contributed by atoms with Gasteiger partial charge in [0.1, 0.15) is 25.4 Å². The van der Waals surface area contributed by atoms with Gasteiger partial charge in [0, 0.05) is 31.6 Å². The van der Waals surface area contributed by atoms with Gasteiger partial charge in [-0.15, -0.1) is 0 Å². The van der Waals surface area contributed by atoms with Gasteiger partial charge in [0.05, 0.1) is 6.61 Å². The van der Waals surface area contributed by atoms with Crippen LogP contribution in [0.3, 0.4) is 0 Å². The van der Waals surface area contributed by atoms with Gasteiger partial charge in [-0.25, -0.2) is 22.8 Å². The molecular weight excluding hydrogens is 775 g/mol. The summed E-state index contributed by atoms with van der Waals surface area (Å²) in [7, 11) is 0. The number of nitrogens with zero attached hydrogens (tertiary/aromatic N) is 3. The van der Waals surface area contributed by atoms with Crippen LogP contribution in [0.2, 0.25) is 0 Å². The number of halogens is 5. The molecule has 302 valence electrons. The van der Waals surface area contributed by atoms with Crippen LogP contribution in [-0.4, -0.2) is 86.5 Å². The molecule has 6 atom stereocenters. The number of carbonyl (C=O) groups excluding carboxylic acids is 5. The number of azide groups is 1. The first kappa shape index (κ1) is 41.8. The van der Waals surface area contributed by atoms with Crippen molar-refractivity contribution in [3.05, 3.63) is 99.2 Å². The van der Waals surface area contributed by atoms with Gasteiger partial charge in [0.25, 0.3) is 0 Å². The standard InChI is InChI=1S/C36H31F5N4O12/c1-15(46)51-14-24-31(54-16(2)47)33(55-17(3)48)30(44-45-42)35(56-24)52-13-23(34(49)57-32-28(40)26(38)25(37)27(39)29(32)41)43-36(50)53-12-22-20-10-6-4-8-18(20)19-9-5-7-11-21(19)22/h4-11,22-24,30-31,33,35H,12-14H2,1-3H3,(H,43,50)/t23-,24+,30+,31-,33+,35?/m0/s1. The first-order valence-corrected chi connectivity index (χ1v) is 16.8. The maximum absolute atomic E-state index is 14.6. The van der Waals surface area contributed by atoms with E-state index >= 15 is 0 Å². The van der Waals surface area contributed by atoms with Crippen molar-refractivity contribution in [2.24, 2.45) is 5.11 Å². The Balaban J connectivity index is 1.43. The molecule has 57 heavy (non-hydrogen) atoms. The quantitative estimate of drug-likeness (QED) is 0.0277. The number of esters is 4. The molecule has 0 radical (unpaired) electrons. The Morgan fingerprint density at radius 2 is 1.32 bits per heavy atom. The van der Waals surface area contributed by atoms with Crippen molar-refractivity contribution in [1.82, 2.24) is 5.32 Å². The maximum Gasteiger partial charge on any atom is 0.407 e. The van der Waals surface area contributed by atoms with E-state index in [1.54, 1.807) is 12.1 Å². The Kier molecular flexibility index (Phi) is 13.3. The molecule has 0 bridgehead atoms. The first-order valence-electron chi connectivity index (χ1n) is 16.8. The van der Waals surface area contributed by atoms with Gasteiger partial charge in [-0.3, -0.25) is 14.4 Å². The van der Waals surface area contributed by atoms with Crippen molar-refractivity contribution in [1.29, 1.82) is 0 Å². The topological polar surface area (TPSA) is 211 Å². The first-order chi connectivity index (χ1) is 27.1. The predicted molar refractivity (Wildman–Crippen MR) is 179 cm³/mol. The van der Waals surface area contributed by atoms with Crippen LogP contribution in [0.1, 0.15) is 37.8 Å². The Labute approximate surface area is 318 Å². The molecule has 5 rings (SSSR count). The SMILES string of the molecule is CC(=O)OC[C@H]1OC(OC[C@H](NC(=O)OCC2c3ccccc3-c3ccccc32)C(=O)Oc2c(F)c(F)c(F)c(F)c2F)[C@H](N=[N+]=[N-])[C@@H](OC(C)=O)[C@H]1OC(C)=O. The summed E-state index contributed by atoms with van der Waals surface area (Å²) in [5.41, 5.74) is 12.7. The molecule has 0 saturated carbocycles. The third kappa shape index (κ3) is 9.39. The summed E-state index contributed by atoms with van der Waals surface area (Å²) in [6.45, 7) is 0.829. The van der Waals surface area contributed by atoms with Crippen LogP contribution in [0, 0.1) is 29.1 Å². The lowest BCUT2D eigenvalue weighted by Gasteiger charge is -2.43. The molecule has 1 amide bonds. The van der Waals surface area contributed by atoms with E-state index < -0.39 is 121 Å². The minimum absolute atomic E-state index is 0.315. The highest BCUT2D eigenvalue weighted by molar-refractivity contribution is 5.83. The van der Waals surface area contributed by atoms with Gasteiger partial charge < -0.3 is 38.5 Å². The molecule has 0 aromatic heterocycles. The molecule has 1 aliphatic carbocycles. The summed E-state index contributed by atoms with van der Waals surface area (Å²) in [6.07, 6.45) is -8.06. The number of fused-ring (bicyclic) bond motifs is 3. The molecule has 1 saturated heterocycles. The monoisotopic (exact) mass is 806 g/mol. The van der Waals surface area contributed by atoms with Crippen LogP contribution >= 0.6 is 0 Å². The zero-order chi connectivity index (χ0) is 41.6. The van der Waals surface area contributed by atoms with Gasteiger partial charge in [-0.05, 0) is 27.8 Å². The lowest BCUT2D eigenvalue weighted by atomic mass is 9.96. The Bertz CT molecular complexity index is 2040. The zero-order valence-electron chi connectivity index (χ0n) is 29.9. The third-order valence-electron chi connectivity index (χ3n) is 8.57. The number of rotatable bonds is 13. The highest BCUT2D eigenvalue weighted by Gasteiger charge is 2.51. The van der Waals surface area contributed by atoms with Crippen LogP contribution in [0.15, 0.2) is 53.6 Å². The van der Waals surface area contributed by atoms with Gasteiger partial charge in [0.15, 0.2) is 24.5 Å². The molecule has 16 nitrogen and oxygen atoms in total. The average molecular weight is 807 g/mol. The highest BCUT2D eigenvalue weighted by atomic mass is 19.2. The van der Waals surface area contributed by atoms with E-state index in [4.69, 9.17) is 28.4 Å². The largest absolute Gasteiger partial charge is 0.463 e. The number of carbonyl (C=O) groups is 5. The number of nitrogens with one attached hydrogen (secondary N) is 1. The van der Waals surface area contributed by atoms with E-state index in [0.29, 0.717) is 0 Å². The van der Waals surface area contributed by atoms with E-state index in [1.165, 1.54) is 0 Å². The van der Waals surface area contributed by atoms with Crippen molar-refractivity contribution >= 4 is 30.0 Å². The van der Waals surface area contributed by atoms with Crippen LogP contribution in [0.5, 0.6) is 5.75 Å². The van der Waals surface area contributed by atoms with Gasteiger partial charge in [-0.1, -0.05) is 53.6 Å². The van der Waals surface area contributed by atoms with Crippen molar-refractivity contribution in [3.63, 3.8) is 0 Å². The summed E-state index contributed by atoms with van der Waals surface area (Å²) >= 11 is 0. The fraction of sp³-hybridized carbons (Fsp3) is 0.361. The molecule has 1 N–H and O–H groups in total. The second kappa shape index (κ2) is 18.1. The maximum atomic E-state index is 14.6. The fourth-order valence-corrected chi connectivity index (χ4v) is 6.19. The number of hydrogen-bond donors (Lipinski definition) is 1. The average Bonchev–Trinajstić information content (AvgIpc) is 3.49. The van der Waals surface area contributed by atoms with E-state index in [0.717, 1.165) is 43.0 Å². The molecule has 2 aliphatic rings. The number of hydrogen-bond acceptors (Lipinski definition) is 13. The van der Waals surface area contributed by atoms with Crippen LogP contribution in [-0.2, 0) is 47.6 Å². The summed E-state index contributed by atoms with van der Waals surface area (Å²) in [5.74, 6) is -19.6. The molecule has 1 unspecified atom stereocenters. The fourth-order valence-electron chi connectivity index (χ4n) is 6.19. The second-order valence-corrected chi connectivity index (χ2v) is 12.4. The van der Waals surface area contributed by atoms with E-state index in [9.17, 15) is 51.5 Å². The summed E-state index contributed by atoms with van der Waals surface area (Å²) in [4.78, 5) is 65.1. The van der Waals surface area contributed by atoms with Crippen molar-refractivity contribution < 1.29 is 79.1 Å². The van der Waals surface area contributed by atoms with Crippen molar-refractivity contribution in [2.45, 2.75) is 63.4 Å². The van der Waals surface area contributed by atoms with E-state index in [1.807, 2.05) is 36.4 Å². The molecule has 3 aromatic carbocycles. The van der Waals surface area contributed by atoms with E-state index in [2.05, 4.69) is 20.1 Å². The molecule has 1 heterocycles. The Morgan fingerprint density at radius 3 is 1.86 bits per heavy atom. The Morgan fingerprint density at radius 1 is 0.772 bits per heavy atom. The lowest BCUT2D eigenvalue weighted by molar-refractivity contribution is -0.274. The van der Waals surface area contributed by atoms with Crippen molar-refractivity contribution in [3.8, 4) is 16.9 Å². The molecule has 3 aromatic rings. The lowest BCUT2D eigenvalue weighted by Crippen LogP contribution is -2.61. The molecule has 1 fully saturated rings. The van der Waals surface area contributed by atoms with Crippen LogP contribution < -0.4 is 10.1 Å². The number of benzene rings is 3. The smallest absolute Gasteiger partial charge is 0.407 e. The second-order valence-electron chi connectivity index (χ2n) is 12.4. The third-order valence-corrected chi connectivity index (χ3v) is 8.57. The number of alkyl carbamates (subject to hydrolysis) is 1. The molecule has 21 heteroatoms.